The lowest BCUT2D eigenvalue weighted by Gasteiger charge is -2.35. The summed E-state index contributed by atoms with van der Waals surface area (Å²) in [7, 11) is 0. The van der Waals surface area contributed by atoms with Crippen LogP contribution >= 0.6 is 15.9 Å². The molecular weight excluding hydrogens is 486 g/mol. The SMILES string of the molecule is O=C1Nc2c(c(=O)oc3ccccc23)C2(N1)C(=O)N(Cc1ccccc1)c1cccc(Br)c12. The largest absolute Gasteiger partial charge is 0.422 e. The molecule has 0 saturated heterocycles. The first-order valence-corrected chi connectivity index (χ1v) is 11.1. The molecule has 1 unspecified atom stereocenters. The summed E-state index contributed by atoms with van der Waals surface area (Å²) in [5, 5.41) is 6.06. The number of urea groups is 1. The van der Waals surface area contributed by atoms with Crippen LogP contribution in [0, 0.1) is 0 Å². The van der Waals surface area contributed by atoms with Crippen LogP contribution < -0.4 is 21.2 Å². The lowest BCUT2D eigenvalue weighted by atomic mass is 9.82. The van der Waals surface area contributed by atoms with Gasteiger partial charge in [-0.25, -0.2) is 9.59 Å². The Kier molecular flexibility index (Phi) is 4.22. The monoisotopic (exact) mass is 501 g/mol. The molecule has 2 N–H and O–H groups in total. The van der Waals surface area contributed by atoms with Gasteiger partial charge >= 0.3 is 11.7 Å². The second-order valence-corrected chi connectivity index (χ2v) is 8.83. The van der Waals surface area contributed by atoms with Gasteiger partial charge in [0.1, 0.15) is 11.1 Å². The molecule has 1 aromatic heterocycles. The number of nitrogens with one attached hydrogen (secondary N) is 2. The molecule has 8 heteroatoms. The topological polar surface area (TPSA) is 91.6 Å². The van der Waals surface area contributed by atoms with Gasteiger partial charge in [-0.1, -0.05) is 64.5 Å². The summed E-state index contributed by atoms with van der Waals surface area (Å²) in [5.41, 5.74) is 0.289. The molecule has 4 aromatic rings. The van der Waals surface area contributed by atoms with Crippen molar-refractivity contribution < 1.29 is 14.0 Å². The highest BCUT2D eigenvalue weighted by Crippen LogP contribution is 2.51. The van der Waals surface area contributed by atoms with E-state index in [1.807, 2.05) is 42.5 Å². The van der Waals surface area contributed by atoms with Crippen LogP contribution in [-0.2, 0) is 16.9 Å². The fourth-order valence-electron chi connectivity index (χ4n) is 4.80. The van der Waals surface area contributed by atoms with E-state index < -0.39 is 23.1 Å². The average molecular weight is 502 g/mol. The molecule has 7 nitrogen and oxygen atoms in total. The Labute approximate surface area is 196 Å². The van der Waals surface area contributed by atoms with Crippen molar-refractivity contribution in [3.8, 4) is 0 Å². The van der Waals surface area contributed by atoms with Crippen LogP contribution in [0.25, 0.3) is 11.0 Å². The maximum atomic E-state index is 14.2. The van der Waals surface area contributed by atoms with Gasteiger partial charge in [0.15, 0.2) is 5.54 Å². The number of halogens is 1. The number of rotatable bonds is 2. The number of anilines is 2. The summed E-state index contributed by atoms with van der Waals surface area (Å²) in [5.74, 6) is -0.424. The summed E-state index contributed by atoms with van der Waals surface area (Å²) >= 11 is 3.56. The standard InChI is InChI=1S/C25H16BrN3O4/c26-16-10-6-11-17-19(16)25(23(31)29(17)13-14-7-2-1-3-8-14)20-21(27-24(32)28-25)15-9-4-5-12-18(15)33-22(20)30/h1-12H,13H2,(H2,27,28,32). The molecule has 3 heterocycles. The molecule has 33 heavy (non-hydrogen) atoms. The molecule has 0 saturated carbocycles. The predicted octanol–water partition coefficient (Wildman–Crippen LogP) is 4.48. The van der Waals surface area contributed by atoms with Crippen molar-refractivity contribution in [3.63, 3.8) is 0 Å². The zero-order valence-corrected chi connectivity index (χ0v) is 18.7. The molecule has 0 bridgehead atoms. The van der Waals surface area contributed by atoms with Crippen LogP contribution in [-0.4, -0.2) is 11.9 Å². The van der Waals surface area contributed by atoms with E-state index in [9.17, 15) is 14.4 Å². The zero-order chi connectivity index (χ0) is 22.7. The number of carbonyl (C=O) groups is 2. The van der Waals surface area contributed by atoms with E-state index in [0.29, 0.717) is 26.7 Å². The van der Waals surface area contributed by atoms with E-state index in [0.717, 1.165) is 5.56 Å². The van der Waals surface area contributed by atoms with Crippen molar-refractivity contribution >= 4 is 50.2 Å². The molecule has 0 radical (unpaired) electrons. The van der Waals surface area contributed by atoms with E-state index >= 15 is 0 Å². The minimum absolute atomic E-state index is 0.0644. The molecule has 3 aromatic carbocycles. The van der Waals surface area contributed by atoms with Crippen LogP contribution in [0.3, 0.4) is 0 Å². The summed E-state index contributed by atoms with van der Waals surface area (Å²) in [6.07, 6.45) is 0. The Morgan fingerprint density at radius 2 is 1.64 bits per heavy atom. The van der Waals surface area contributed by atoms with Gasteiger partial charge in [-0.2, -0.15) is 0 Å². The van der Waals surface area contributed by atoms with Gasteiger partial charge in [0, 0.05) is 15.4 Å². The van der Waals surface area contributed by atoms with Crippen LogP contribution in [0.1, 0.15) is 16.7 Å². The Balaban J connectivity index is 1.67. The van der Waals surface area contributed by atoms with Crippen LogP contribution in [0.2, 0.25) is 0 Å². The lowest BCUT2D eigenvalue weighted by Crippen LogP contribution is -2.59. The Morgan fingerprint density at radius 1 is 0.879 bits per heavy atom. The van der Waals surface area contributed by atoms with Gasteiger partial charge in [0.25, 0.3) is 5.91 Å². The number of benzene rings is 3. The van der Waals surface area contributed by atoms with E-state index in [-0.39, 0.29) is 17.8 Å². The summed E-state index contributed by atoms with van der Waals surface area (Å²) in [6, 6.07) is 21.3. The Morgan fingerprint density at radius 3 is 2.45 bits per heavy atom. The van der Waals surface area contributed by atoms with Crippen molar-refractivity contribution in [1.29, 1.82) is 0 Å². The Bertz CT molecular complexity index is 1530. The van der Waals surface area contributed by atoms with Gasteiger partial charge in [0.2, 0.25) is 0 Å². The number of fused-ring (bicyclic) bond motifs is 6. The highest BCUT2D eigenvalue weighted by Gasteiger charge is 2.59. The third-order valence-electron chi connectivity index (χ3n) is 6.13. The van der Waals surface area contributed by atoms with E-state index in [2.05, 4.69) is 26.6 Å². The van der Waals surface area contributed by atoms with Crippen molar-refractivity contribution in [1.82, 2.24) is 5.32 Å². The highest BCUT2D eigenvalue weighted by molar-refractivity contribution is 9.10. The smallest absolute Gasteiger partial charge is 0.344 e. The number of hydrogen-bond donors (Lipinski definition) is 2. The van der Waals surface area contributed by atoms with Crippen LogP contribution in [0.4, 0.5) is 16.2 Å². The molecule has 2 aliphatic rings. The zero-order valence-electron chi connectivity index (χ0n) is 17.1. The first kappa shape index (κ1) is 19.8. The maximum Gasteiger partial charge on any atom is 0.344 e. The molecule has 3 amide bonds. The lowest BCUT2D eigenvalue weighted by molar-refractivity contribution is -0.122. The van der Waals surface area contributed by atoms with E-state index in [1.165, 1.54) is 0 Å². The quantitative estimate of drug-likeness (QED) is 0.396. The van der Waals surface area contributed by atoms with Crippen molar-refractivity contribution in [3.05, 3.63) is 104 Å². The minimum atomic E-state index is -1.73. The summed E-state index contributed by atoms with van der Waals surface area (Å²) in [4.78, 5) is 42.0. The maximum absolute atomic E-state index is 14.2. The Hall–Kier alpha value is -3.91. The summed E-state index contributed by atoms with van der Waals surface area (Å²) < 4.78 is 6.21. The normalized spacial score (nSPS) is 18.8. The number of amides is 3. The fourth-order valence-corrected chi connectivity index (χ4v) is 5.45. The molecular formula is C25H16BrN3O4. The number of carbonyl (C=O) groups excluding carboxylic acids is 2. The van der Waals surface area contributed by atoms with Crippen LogP contribution in [0.5, 0.6) is 0 Å². The molecule has 1 atom stereocenters. The van der Waals surface area contributed by atoms with Gasteiger partial charge in [-0.15, -0.1) is 0 Å². The second kappa shape index (κ2) is 7.05. The number of para-hydroxylation sites is 1. The number of nitrogens with zero attached hydrogens (tertiary/aromatic N) is 1. The average Bonchev–Trinajstić information content (AvgIpc) is 3.03. The summed E-state index contributed by atoms with van der Waals surface area (Å²) in [6.45, 7) is 0.280. The minimum Gasteiger partial charge on any atom is -0.422 e. The number of hydrogen-bond acceptors (Lipinski definition) is 4. The van der Waals surface area contributed by atoms with E-state index in [4.69, 9.17) is 4.42 Å². The molecule has 0 fully saturated rings. The first-order chi connectivity index (χ1) is 16.0. The molecule has 1 spiro atoms. The van der Waals surface area contributed by atoms with Gasteiger partial charge in [-0.05, 0) is 29.8 Å². The first-order valence-electron chi connectivity index (χ1n) is 10.3. The fraction of sp³-hybridized carbons (Fsp3) is 0.0800. The van der Waals surface area contributed by atoms with Crippen molar-refractivity contribution in [2.75, 3.05) is 10.2 Å². The van der Waals surface area contributed by atoms with E-state index in [1.54, 1.807) is 35.2 Å². The molecule has 2 aliphatic heterocycles. The van der Waals surface area contributed by atoms with Crippen molar-refractivity contribution in [2.24, 2.45) is 0 Å². The predicted molar refractivity (Wildman–Crippen MR) is 127 cm³/mol. The third kappa shape index (κ3) is 2.70. The molecule has 162 valence electrons. The highest BCUT2D eigenvalue weighted by atomic mass is 79.9. The van der Waals surface area contributed by atoms with Crippen molar-refractivity contribution in [2.45, 2.75) is 12.1 Å². The van der Waals surface area contributed by atoms with Gasteiger partial charge in [-0.3, -0.25) is 4.79 Å². The van der Waals surface area contributed by atoms with Gasteiger partial charge in [0.05, 0.1) is 17.9 Å². The molecule has 0 aliphatic carbocycles. The van der Waals surface area contributed by atoms with Gasteiger partial charge < -0.3 is 20.0 Å². The van der Waals surface area contributed by atoms with Crippen LogP contribution in [0.15, 0.2) is 86.5 Å². The second-order valence-electron chi connectivity index (χ2n) is 7.98. The third-order valence-corrected chi connectivity index (χ3v) is 6.80. The molecule has 6 rings (SSSR count).